The molecule has 4 nitrogen and oxygen atoms in total. The van der Waals surface area contributed by atoms with Crippen molar-refractivity contribution in [2.75, 3.05) is 12.8 Å². The van der Waals surface area contributed by atoms with Crippen molar-refractivity contribution in [3.8, 4) is 11.3 Å². The molecule has 1 aliphatic rings. The summed E-state index contributed by atoms with van der Waals surface area (Å²) in [6.45, 7) is 2.78. The smallest absolute Gasteiger partial charge is 0.187 e. The maximum Gasteiger partial charge on any atom is 0.187 e. The fraction of sp³-hybridized carbons (Fsp3) is 0.278. The minimum atomic E-state index is 0.863. The predicted octanol–water partition coefficient (Wildman–Crippen LogP) is 3.88. The molecule has 6 heteroatoms. The van der Waals surface area contributed by atoms with Gasteiger partial charge in [-0.3, -0.25) is 9.88 Å². The Morgan fingerprint density at radius 3 is 3.04 bits per heavy atom. The average molecular weight is 355 g/mol. The second-order valence-electron chi connectivity index (χ2n) is 5.82. The summed E-state index contributed by atoms with van der Waals surface area (Å²) in [5, 5.41) is 5.10. The Hall–Kier alpha value is -1.76. The van der Waals surface area contributed by atoms with Gasteiger partial charge in [-0.15, -0.1) is 0 Å². The zero-order valence-corrected chi connectivity index (χ0v) is 15.1. The van der Waals surface area contributed by atoms with Crippen LogP contribution in [-0.2, 0) is 19.5 Å². The lowest BCUT2D eigenvalue weighted by Crippen LogP contribution is -2.31. The maximum absolute atomic E-state index is 4.82. The van der Waals surface area contributed by atoms with E-state index < -0.39 is 0 Å². The van der Waals surface area contributed by atoms with Crippen LogP contribution in [0.1, 0.15) is 17.0 Å². The third-order valence-electron chi connectivity index (χ3n) is 4.18. The maximum atomic E-state index is 4.82. The lowest BCUT2D eigenvalue weighted by molar-refractivity contribution is 0.239. The predicted molar refractivity (Wildman–Crippen MR) is 99.2 cm³/mol. The van der Waals surface area contributed by atoms with Gasteiger partial charge in [-0.25, -0.2) is 9.97 Å². The van der Waals surface area contributed by atoms with Gasteiger partial charge in [0.15, 0.2) is 5.16 Å². The summed E-state index contributed by atoms with van der Waals surface area (Å²) >= 11 is 3.31. The molecule has 0 aliphatic carbocycles. The first kappa shape index (κ1) is 15.7. The summed E-state index contributed by atoms with van der Waals surface area (Å²) in [5.74, 6) is 0. The molecule has 122 valence electrons. The molecule has 0 amide bonds. The summed E-state index contributed by atoms with van der Waals surface area (Å²) < 4.78 is 0. The molecule has 4 rings (SSSR count). The van der Waals surface area contributed by atoms with Crippen molar-refractivity contribution in [2.45, 2.75) is 24.7 Å². The van der Waals surface area contributed by atoms with E-state index in [1.165, 1.54) is 16.8 Å². The van der Waals surface area contributed by atoms with E-state index in [0.29, 0.717) is 0 Å². The first-order chi connectivity index (χ1) is 11.8. The largest absolute Gasteiger partial charge is 0.293 e. The molecule has 0 N–H and O–H groups in total. The van der Waals surface area contributed by atoms with Gasteiger partial charge in [0.05, 0.1) is 17.1 Å². The highest BCUT2D eigenvalue weighted by molar-refractivity contribution is 7.98. The van der Waals surface area contributed by atoms with Crippen molar-refractivity contribution in [3.05, 3.63) is 58.2 Å². The van der Waals surface area contributed by atoms with Crippen molar-refractivity contribution >= 4 is 23.1 Å². The number of pyridine rings is 1. The number of rotatable bonds is 4. The highest BCUT2D eigenvalue weighted by Gasteiger charge is 2.19. The lowest BCUT2D eigenvalue weighted by Gasteiger charge is -2.27. The molecule has 3 aromatic rings. The van der Waals surface area contributed by atoms with Crippen LogP contribution in [0.25, 0.3) is 11.3 Å². The lowest BCUT2D eigenvalue weighted by atomic mass is 10.1. The van der Waals surface area contributed by atoms with E-state index in [0.717, 1.165) is 42.6 Å². The van der Waals surface area contributed by atoms with Gasteiger partial charge in [0, 0.05) is 48.8 Å². The Balaban J connectivity index is 1.49. The van der Waals surface area contributed by atoms with Gasteiger partial charge >= 0.3 is 0 Å². The molecule has 1 aliphatic heterocycles. The van der Waals surface area contributed by atoms with Crippen LogP contribution in [-0.4, -0.2) is 32.7 Å². The number of fused-ring (bicyclic) bond motifs is 1. The van der Waals surface area contributed by atoms with Gasteiger partial charge in [0.25, 0.3) is 0 Å². The van der Waals surface area contributed by atoms with E-state index in [9.17, 15) is 0 Å². The standard InChI is InChI=1S/C18H18N4S2/c1-23-18-19-9-14-10-22(7-5-17(14)21-18)11-15-3-2-4-16(20-15)13-6-8-24-12-13/h2-4,6,8-9,12H,5,7,10-11H2,1H3. The van der Waals surface area contributed by atoms with E-state index in [-0.39, 0.29) is 0 Å². The first-order valence-corrected chi connectivity index (χ1v) is 10.1. The van der Waals surface area contributed by atoms with Crippen LogP contribution in [0.3, 0.4) is 0 Å². The van der Waals surface area contributed by atoms with Crippen molar-refractivity contribution < 1.29 is 0 Å². The topological polar surface area (TPSA) is 41.9 Å². The fourth-order valence-electron chi connectivity index (χ4n) is 2.96. The third-order valence-corrected chi connectivity index (χ3v) is 5.43. The van der Waals surface area contributed by atoms with Crippen LogP contribution in [0.4, 0.5) is 0 Å². The van der Waals surface area contributed by atoms with E-state index in [1.54, 1.807) is 23.1 Å². The van der Waals surface area contributed by atoms with E-state index in [4.69, 9.17) is 4.98 Å². The number of hydrogen-bond acceptors (Lipinski definition) is 6. The second-order valence-corrected chi connectivity index (χ2v) is 7.37. The molecule has 0 spiro atoms. The highest BCUT2D eigenvalue weighted by atomic mass is 32.2. The fourth-order valence-corrected chi connectivity index (χ4v) is 3.97. The van der Waals surface area contributed by atoms with Crippen molar-refractivity contribution in [1.29, 1.82) is 0 Å². The Bertz CT molecular complexity index is 833. The molecule has 0 fully saturated rings. The summed E-state index contributed by atoms with van der Waals surface area (Å²) in [6, 6.07) is 8.41. The normalized spacial score (nSPS) is 14.5. The average Bonchev–Trinajstić information content (AvgIpc) is 3.16. The van der Waals surface area contributed by atoms with Crippen LogP contribution in [0.15, 0.2) is 46.4 Å². The van der Waals surface area contributed by atoms with Gasteiger partial charge in [-0.1, -0.05) is 17.8 Å². The molecule has 0 saturated heterocycles. The molecule has 0 atom stereocenters. The first-order valence-electron chi connectivity index (χ1n) is 7.91. The number of thioether (sulfide) groups is 1. The minimum absolute atomic E-state index is 0.863. The Morgan fingerprint density at radius 2 is 2.21 bits per heavy atom. The monoisotopic (exact) mass is 354 g/mol. The van der Waals surface area contributed by atoms with Gasteiger partial charge < -0.3 is 0 Å². The Morgan fingerprint density at radius 1 is 1.25 bits per heavy atom. The van der Waals surface area contributed by atoms with Crippen LogP contribution in [0, 0.1) is 0 Å². The summed E-state index contributed by atoms with van der Waals surface area (Å²) in [4.78, 5) is 16.3. The Kier molecular flexibility index (Phi) is 4.60. The van der Waals surface area contributed by atoms with Crippen LogP contribution < -0.4 is 0 Å². The molecule has 0 saturated carbocycles. The van der Waals surface area contributed by atoms with Gasteiger partial charge in [0.2, 0.25) is 0 Å². The van der Waals surface area contributed by atoms with Gasteiger partial charge in [0.1, 0.15) is 0 Å². The quantitative estimate of drug-likeness (QED) is 0.525. The molecule has 24 heavy (non-hydrogen) atoms. The van der Waals surface area contributed by atoms with Gasteiger partial charge in [-0.2, -0.15) is 11.3 Å². The minimum Gasteiger partial charge on any atom is -0.293 e. The number of nitrogens with zero attached hydrogens (tertiary/aromatic N) is 4. The number of thiophene rings is 1. The summed E-state index contributed by atoms with van der Waals surface area (Å²) in [7, 11) is 0. The van der Waals surface area contributed by atoms with E-state index in [2.05, 4.69) is 49.9 Å². The highest BCUT2D eigenvalue weighted by Crippen LogP contribution is 2.23. The molecule has 3 aromatic heterocycles. The van der Waals surface area contributed by atoms with Crippen LogP contribution >= 0.6 is 23.1 Å². The molecule has 0 aromatic carbocycles. The molecule has 4 heterocycles. The molecule has 0 bridgehead atoms. The third kappa shape index (κ3) is 3.36. The van der Waals surface area contributed by atoms with Crippen molar-refractivity contribution in [2.24, 2.45) is 0 Å². The molecule has 0 radical (unpaired) electrons. The Labute approximate surface area is 150 Å². The molecule has 0 unspecified atom stereocenters. The van der Waals surface area contributed by atoms with Crippen LogP contribution in [0.5, 0.6) is 0 Å². The number of hydrogen-bond donors (Lipinski definition) is 0. The van der Waals surface area contributed by atoms with Crippen molar-refractivity contribution in [3.63, 3.8) is 0 Å². The molecular weight excluding hydrogens is 336 g/mol. The SMILES string of the molecule is CSc1ncc2c(n1)CCN(Cc1cccc(-c3ccsc3)n1)C2. The zero-order chi connectivity index (χ0) is 16.4. The van der Waals surface area contributed by atoms with E-state index >= 15 is 0 Å². The number of aromatic nitrogens is 3. The second kappa shape index (κ2) is 7.01. The van der Waals surface area contributed by atoms with Crippen LogP contribution in [0.2, 0.25) is 0 Å². The van der Waals surface area contributed by atoms with Gasteiger partial charge in [-0.05, 0) is 29.8 Å². The van der Waals surface area contributed by atoms with E-state index in [1.807, 2.05) is 12.5 Å². The van der Waals surface area contributed by atoms with Crippen molar-refractivity contribution in [1.82, 2.24) is 19.9 Å². The zero-order valence-electron chi connectivity index (χ0n) is 13.5. The summed E-state index contributed by atoms with van der Waals surface area (Å²) in [5.41, 5.74) is 5.81. The molecular formula is C18H18N4S2. The summed E-state index contributed by atoms with van der Waals surface area (Å²) in [6.07, 6.45) is 4.98.